The molecule has 10 heteroatoms. The lowest BCUT2D eigenvalue weighted by atomic mass is 10.1. The van der Waals surface area contributed by atoms with Crippen molar-refractivity contribution in [3.63, 3.8) is 0 Å². The molecular formula is C17H22N2O7S. The SMILES string of the molecule is CC(C)CN(C(=O)COC(=O)c1ccc([N+](=O)[O-])cc1)[C@@H]1CCS(=O)(=O)C1. The van der Waals surface area contributed by atoms with Crippen LogP contribution in [0.1, 0.15) is 30.6 Å². The lowest BCUT2D eigenvalue weighted by molar-refractivity contribution is -0.384. The van der Waals surface area contributed by atoms with Crippen molar-refractivity contribution in [3.05, 3.63) is 39.9 Å². The Hall–Kier alpha value is -2.49. The van der Waals surface area contributed by atoms with E-state index in [-0.39, 0.29) is 28.7 Å². The maximum absolute atomic E-state index is 12.5. The summed E-state index contributed by atoms with van der Waals surface area (Å²) in [6.45, 7) is 3.67. The molecule has 1 atom stereocenters. The predicted octanol–water partition coefficient (Wildman–Crippen LogP) is 1.42. The van der Waals surface area contributed by atoms with Crippen LogP contribution in [0.3, 0.4) is 0 Å². The molecular weight excluding hydrogens is 376 g/mol. The number of amides is 1. The largest absolute Gasteiger partial charge is 0.452 e. The molecule has 1 aromatic carbocycles. The summed E-state index contributed by atoms with van der Waals surface area (Å²) in [5.74, 6) is -1.14. The van der Waals surface area contributed by atoms with E-state index in [1.165, 1.54) is 29.2 Å². The Morgan fingerprint density at radius 2 is 1.93 bits per heavy atom. The number of rotatable bonds is 7. The highest BCUT2D eigenvalue weighted by atomic mass is 32.2. The van der Waals surface area contributed by atoms with E-state index in [9.17, 15) is 28.1 Å². The van der Waals surface area contributed by atoms with Crippen LogP contribution in [-0.4, -0.2) is 60.8 Å². The monoisotopic (exact) mass is 398 g/mol. The number of non-ortho nitro benzene ring substituents is 1. The second-order valence-electron chi connectivity index (χ2n) is 6.88. The average Bonchev–Trinajstić information content (AvgIpc) is 2.96. The molecule has 1 aromatic rings. The van der Waals surface area contributed by atoms with E-state index < -0.39 is 39.3 Å². The van der Waals surface area contributed by atoms with Crippen LogP contribution in [0.25, 0.3) is 0 Å². The first-order valence-corrected chi connectivity index (χ1v) is 10.3. The Balaban J connectivity index is 2.00. The minimum Gasteiger partial charge on any atom is -0.452 e. The number of nitro benzene ring substituents is 1. The maximum atomic E-state index is 12.5. The van der Waals surface area contributed by atoms with Gasteiger partial charge >= 0.3 is 5.97 Å². The van der Waals surface area contributed by atoms with Crippen molar-refractivity contribution in [3.8, 4) is 0 Å². The molecule has 27 heavy (non-hydrogen) atoms. The molecule has 1 amide bonds. The van der Waals surface area contributed by atoms with E-state index in [1.807, 2.05) is 13.8 Å². The molecule has 0 aliphatic carbocycles. The van der Waals surface area contributed by atoms with Gasteiger partial charge in [-0.25, -0.2) is 13.2 Å². The zero-order valence-corrected chi connectivity index (χ0v) is 16.0. The van der Waals surface area contributed by atoms with Gasteiger partial charge in [-0.1, -0.05) is 13.8 Å². The fraction of sp³-hybridized carbons (Fsp3) is 0.529. The van der Waals surface area contributed by atoms with Crippen molar-refractivity contribution in [1.82, 2.24) is 4.90 Å². The van der Waals surface area contributed by atoms with Gasteiger partial charge in [0, 0.05) is 24.7 Å². The third kappa shape index (κ3) is 5.75. The van der Waals surface area contributed by atoms with Crippen LogP contribution < -0.4 is 0 Å². The van der Waals surface area contributed by atoms with E-state index in [2.05, 4.69) is 0 Å². The molecule has 0 spiro atoms. The second-order valence-corrected chi connectivity index (χ2v) is 9.11. The van der Waals surface area contributed by atoms with Crippen molar-refractivity contribution >= 4 is 27.4 Å². The van der Waals surface area contributed by atoms with Crippen LogP contribution >= 0.6 is 0 Å². The Kier molecular flexibility index (Phi) is 6.53. The van der Waals surface area contributed by atoms with E-state index >= 15 is 0 Å². The first kappa shape index (κ1) is 20.8. The highest BCUT2D eigenvalue weighted by Crippen LogP contribution is 2.19. The van der Waals surface area contributed by atoms with Crippen LogP contribution in [0.2, 0.25) is 0 Å². The van der Waals surface area contributed by atoms with Gasteiger partial charge in [0.25, 0.3) is 11.6 Å². The molecule has 1 saturated heterocycles. The van der Waals surface area contributed by atoms with Crippen LogP contribution in [-0.2, 0) is 19.4 Å². The zero-order valence-electron chi connectivity index (χ0n) is 15.2. The van der Waals surface area contributed by atoms with Gasteiger partial charge in [-0.05, 0) is 24.5 Å². The van der Waals surface area contributed by atoms with Gasteiger partial charge in [-0.2, -0.15) is 0 Å². The highest BCUT2D eigenvalue weighted by molar-refractivity contribution is 7.91. The first-order valence-electron chi connectivity index (χ1n) is 8.50. The summed E-state index contributed by atoms with van der Waals surface area (Å²) in [5.41, 5.74) is -0.0690. The number of sulfone groups is 1. The van der Waals surface area contributed by atoms with Gasteiger partial charge in [0.2, 0.25) is 0 Å². The number of esters is 1. The summed E-state index contributed by atoms with van der Waals surface area (Å²) < 4.78 is 28.4. The molecule has 1 heterocycles. The number of hydrogen-bond donors (Lipinski definition) is 0. The highest BCUT2D eigenvalue weighted by Gasteiger charge is 2.35. The van der Waals surface area contributed by atoms with E-state index in [0.717, 1.165) is 0 Å². The van der Waals surface area contributed by atoms with Crippen molar-refractivity contribution in [1.29, 1.82) is 0 Å². The van der Waals surface area contributed by atoms with E-state index in [1.54, 1.807) is 0 Å². The molecule has 0 radical (unpaired) electrons. The zero-order chi connectivity index (χ0) is 20.2. The van der Waals surface area contributed by atoms with Crippen molar-refractivity contribution in [2.75, 3.05) is 24.7 Å². The summed E-state index contributed by atoms with van der Waals surface area (Å²) in [5, 5.41) is 10.6. The molecule has 0 aromatic heterocycles. The normalized spacial score (nSPS) is 18.3. The molecule has 2 rings (SSSR count). The molecule has 0 N–H and O–H groups in total. The topological polar surface area (TPSA) is 124 Å². The molecule has 0 saturated carbocycles. The fourth-order valence-corrected chi connectivity index (χ4v) is 4.61. The summed E-state index contributed by atoms with van der Waals surface area (Å²) >= 11 is 0. The number of carbonyl (C=O) groups is 2. The minimum atomic E-state index is -3.15. The molecule has 0 unspecified atom stereocenters. The summed E-state index contributed by atoms with van der Waals surface area (Å²) in [4.78, 5) is 36.1. The Labute approximate surface area is 157 Å². The van der Waals surface area contributed by atoms with E-state index in [4.69, 9.17) is 4.74 Å². The summed E-state index contributed by atoms with van der Waals surface area (Å²) in [6, 6.07) is 4.43. The van der Waals surface area contributed by atoms with Gasteiger partial charge in [0.15, 0.2) is 16.4 Å². The second kappa shape index (κ2) is 8.47. The third-order valence-electron chi connectivity index (χ3n) is 4.17. The Bertz CT molecular complexity index is 818. The molecule has 0 bridgehead atoms. The van der Waals surface area contributed by atoms with Crippen LogP contribution in [0.5, 0.6) is 0 Å². The first-order chi connectivity index (χ1) is 12.6. The van der Waals surface area contributed by atoms with Crippen LogP contribution in [0.15, 0.2) is 24.3 Å². The van der Waals surface area contributed by atoms with Gasteiger partial charge in [0.1, 0.15) is 0 Å². The molecule has 1 aliphatic heterocycles. The van der Waals surface area contributed by atoms with Crippen molar-refractivity contribution in [2.45, 2.75) is 26.3 Å². The van der Waals surface area contributed by atoms with Crippen molar-refractivity contribution in [2.24, 2.45) is 5.92 Å². The average molecular weight is 398 g/mol. The van der Waals surface area contributed by atoms with Gasteiger partial charge < -0.3 is 9.64 Å². The number of ether oxygens (including phenoxy) is 1. The standard InChI is InChI=1S/C17H22N2O7S/c1-12(2)9-18(15-7-8-27(24,25)11-15)16(20)10-26-17(21)13-3-5-14(6-4-13)19(22)23/h3-6,12,15H,7-11H2,1-2H3/t15-/m1/s1. The minimum absolute atomic E-state index is 0.0438. The molecule has 9 nitrogen and oxygen atoms in total. The fourth-order valence-electron chi connectivity index (χ4n) is 2.88. The number of hydrogen-bond acceptors (Lipinski definition) is 7. The van der Waals surface area contributed by atoms with Crippen LogP contribution in [0, 0.1) is 16.0 Å². The Morgan fingerprint density at radius 1 is 1.30 bits per heavy atom. The van der Waals surface area contributed by atoms with E-state index in [0.29, 0.717) is 13.0 Å². The lowest BCUT2D eigenvalue weighted by Gasteiger charge is -2.29. The third-order valence-corrected chi connectivity index (χ3v) is 5.92. The smallest absolute Gasteiger partial charge is 0.338 e. The number of nitrogens with zero attached hydrogens (tertiary/aromatic N) is 2. The number of carbonyl (C=O) groups excluding carboxylic acids is 2. The van der Waals surface area contributed by atoms with Gasteiger partial charge in [0.05, 0.1) is 22.0 Å². The predicted molar refractivity (Wildman–Crippen MR) is 97.0 cm³/mol. The molecule has 1 fully saturated rings. The maximum Gasteiger partial charge on any atom is 0.338 e. The van der Waals surface area contributed by atoms with Crippen molar-refractivity contribution < 1.29 is 27.7 Å². The number of benzene rings is 1. The van der Waals surface area contributed by atoms with Gasteiger partial charge in [-0.15, -0.1) is 0 Å². The van der Waals surface area contributed by atoms with Gasteiger partial charge in [-0.3, -0.25) is 14.9 Å². The van der Waals surface area contributed by atoms with Crippen LogP contribution in [0.4, 0.5) is 5.69 Å². The Morgan fingerprint density at radius 3 is 2.41 bits per heavy atom. The molecule has 148 valence electrons. The summed E-state index contributed by atoms with van der Waals surface area (Å²) in [7, 11) is -3.15. The summed E-state index contributed by atoms with van der Waals surface area (Å²) in [6.07, 6.45) is 0.372. The molecule has 1 aliphatic rings. The lowest BCUT2D eigenvalue weighted by Crippen LogP contribution is -2.45. The number of nitro groups is 1. The quantitative estimate of drug-likeness (QED) is 0.386.